The fraction of sp³-hybridized carbons (Fsp3) is 0.429. The molecule has 108 valence electrons. The molecule has 0 saturated heterocycles. The van der Waals surface area contributed by atoms with E-state index in [0.717, 1.165) is 23.2 Å². The van der Waals surface area contributed by atoms with E-state index in [1.807, 2.05) is 22.8 Å². The van der Waals surface area contributed by atoms with Crippen LogP contribution in [0.25, 0.3) is 11.0 Å². The van der Waals surface area contributed by atoms with Gasteiger partial charge in [0.05, 0.1) is 25.3 Å². The molecule has 0 bridgehead atoms. The summed E-state index contributed by atoms with van der Waals surface area (Å²) in [5.74, 6) is 0.761. The summed E-state index contributed by atoms with van der Waals surface area (Å²) in [6.45, 7) is 2.85. The second kappa shape index (κ2) is 6.27. The van der Waals surface area contributed by atoms with Gasteiger partial charge in [-0.05, 0) is 18.6 Å². The smallest absolute Gasteiger partial charge is 0.297 e. The Morgan fingerprint density at radius 3 is 2.80 bits per heavy atom. The number of ether oxygens (including phenoxy) is 2. The molecule has 0 radical (unpaired) electrons. The molecule has 6 heteroatoms. The first kappa shape index (κ1) is 14.2. The minimum atomic E-state index is -0.0193. The highest BCUT2D eigenvalue weighted by Gasteiger charge is 2.11. The highest BCUT2D eigenvalue weighted by molar-refractivity contribution is 5.78. The van der Waals surface area contributed by atoms with Crippen molar-refractivity contribution in [2.45, 2.75) is 19.9 Å². The van der Waals surface area contributed by atoms with Crippen molar-refractivity contribution in [1.29, 1.82) is 0 Å². The standard InChI is InChI=1S/C14H19N3O3/c1-10(18)15-7-4-8-17-13-9-11(19-2)5-6-12(13)16-14(17)20-3/h5-6,9H,4,7-8H2,1-3H3,(H,15,18). The molecule has 0 unspecified atom stereocenters. The number of fused-ring (bicyclic) bond motifs is 1. The van der Waals surface area contributed by atoms with Crippen molar-refractivity contribution in [2.75, 3.05) is 20.8 Å². The summed E-state index contributed by atoms with van der Waals surface area (Å²) in [7, 11) is 3.23. The predicted octanol–water partition coefficient (Wildman–Crippen LogP) is 1.58. The number of carbonyl (C=O) groups excluding carboxylic acids is 1. The maximum Gasteiger partial charge on any atom is 0.297 e. The molecule has 6 nitrogen and oxygen atoms in total. The van der Waals surface area contributed by atoms with Crippen LogP contribution < -0.4 is 14.8 Å². The van der Waals surface area contributed by atoms with Crippen LogP contribution in [-0.4, -0.2) is 36.2 Å². The molecule has 1 heterocycles. The number of rotatable bonds is 6. The summed E-state index contributed by atoms with van der Waals surface area (Å²) >= 11 is 0. The van der Waals surface area contributed by atoms with Crippen LogP contribution in [0.5, 0.6) is 11.8 Å². The first-order chi connectivity index (χ1) is 9.65. The summed E-state index contributed by atoms with van der Waals surface area (Å²) in [5, 5.41) is 2.78. The van der Waals surface area contributed by atoms with E-state index in [2.05, 4.69) is 10.3 Å². The Kier molecular flexibility index (Phi) is 4.45. The van der Waals surface area contributed by atoms with Gasteiger partial charge in [-0.3, -0.25) is 9.36 Å². The van der Waals surface area contributed by atoms with Gasteiger partial charge in [-0.15, -0.1) is 0 Å². The van der Waals surface area contributed by atoms with Crippen molar-refractivity contribution >= 4 is 16.9 Å². The van der Waals surface area contributed by atoms with Gasteiger partial charge >= 0.3 is 0 Å². The predicted molar refractivity (Wildman–Crippen MR) is 76.1 cm³/mol. The Labute approximate surface area is 117 Å². The van der Waals surface area contributed by atoms with Crippen LogP contribution in [0.15, 0.2) is 18.2 Å². The summed E-state index contributed by atoms with van der Waals surface area (Å²) in [5.41, 5.74) is 1.83. The monoisotopic (exact) mass is 277 g/mol. The molecule has 0 saturated carbocycles. The van der Waals surface area contributed by atoms with Gasteiger partial charge < -0.3 is 14.8 Å². The molecule has 20 heavy (non-hydrogen) atoms. The fourth-order valence-corrected chi connectivity index (χ4v) is 2.08. The molecular weight excluding hydrogens is 258 g/mol. The lowest BCUT2D eigenvalue weighted by molar-refractivity contribution is -0.118. The van der Waals surface area contributed by atoms with Gasteiger partial charge in [0.25, 0.3) is 6.01 Å². The Bertz CT molecular complexity index is 607. The molecule has 1 amide bonds. The van der Waals surface area contributed by atoms with Gasteiger partial charge in [-0.2, -0.15) is 4.98 Å². The number of aromatic nitrogens is 2. The Morgan fingerprint density at radius 1 is 1.35 bits per heavy atom. The van der Waals surface area contributed by atoms with Gasteiger partial charge in [-0.25, -0.2) is 0 Å². The van der Waals surface area contributed by atoms with Crippen LogP contribution in [-0.2, 0) is 11.3 Å². The third kappa shape index (κ3) is 3.01. The van der Waals surface area contributed by atoms with Crippen LogP contribution in [0, 0.1) is 0 Å². The highest BCUT2D eigenvalue weighted by Crippen LogP contribution is 2.25. The average Bonchev–Trinajstić information content (AvgIpc) is 2.80. The first-order valence-electron chi connectivity index (χ1n) is 6.48. The number of nitrogens with zero attached hydrogens (tertiary/aromatic N) is 2. The van der Waals surface area contributed by atoms with Crippen molar-refractivity contribution in [1.82, 2.24) is 14.9 Å². The van der Waals surface area contributed by atoms with Gasteiger partial charge in [0.2, 0.25) is 5.91 Å². The normalized spacial score (nSPS) is 10.6. The second-order valence-electron chi connectivity index (χ2n) is 4.44. The molecule has 1 aromatic heterocycles. The number of methoxy groups -OCH3 is 2. The van der Waals surface area contributed by atoms with Gasteiger partial charge in [0.1, 0.15) is 5.75 Å². The topological polar surface area (TPSA) is 65.4 Å². The molecular formula is C14H19N3O3. The van der Waals surface area contributed by atoms with Crippen molar-refractivity contribution < 1.29 is 14.3 Å². The van der Waals surface area contributed by atoms with Crippen LogP contribution in [0.4, 0.5) is 0 Å². The van der Waals surface area contributed by atoms with Gasteiger partial charge in [0.15, 0.2) is 0 Å². The molecule has 0 aliphatic heterocycles. The van der Waals surface area contributed by atoms with Crippen molar-refractivity contribution in [3.8, 4) is 11.8 Å². The lowest BCUT2D eigenvalue weighted by Gasteiger charge is -2.08. The minimum Gasteiger partial charge on any atom is -0.497 e. The number of imidazole rings is 1. The van der Waals surface area contributed by atoms with Crippen molar-refractivity contribution in [3.05, 3.63) is 18.2 Å². The van der Waals surface area contributed by atoms with Crippen LogP contribution in [0.2, 0.25) is 0 Å². The number of carbonyl (C=O) groups is 1. The maximum absolute atomic E-state index is 10.9. The third-order valence-corrected chi connectivity index (χ3v) is 3.04. The lowest BCUT2D eigenvalue weighted by atomic mass is 10.3. The van der Waals surface area contributed by atoms with Crippen LogP contribution >= 0.6 is 0 Å². The van der Waals surface area contributed by atoms with Crippen molar-refractivity contribution in [3.63, 3.8) is 0 Å². The van der Waals surface area contributed by atoms with Gasteiger partial charge in [-0.1, -0.05) is 0 Å². The quantitative estimate of drug-likeness (QED) is 0.814. The molecule has 0 aliphatic rings. The van der Waals surface area contributed by atoms with E-state index in [1.165, 1.54) is 6.92 Å². The van der Waals surface area contributed by atoms with E-state index in [-0.39, 0.29) is 5.91 Å². The first-order valence-corrected chi connectivity index (χ1v) is 6.48. The number of hydrogen-bond acceptors (Lipinski definition) is 4. The molecule has 0 spiro atoms. The van der Waals surface area contributed by atoms with Gasteiger partial charge in [0, 0.05) is 26.1 Å². The van der Waals surface area contributed by atoms with E-state index in [1.54, 1.807) is 14.2 Å². The van der Waals surface area contributed by atoms with E-state index in [9.17, 15) is 4.79 Å². The third-order valence-electron chi connectivity index (χ3n) is 3.04. The second-order valence-corrected chi connectivity index (χ2v) is 4.44. The number of benzene rings is 1. The SMILES string of the molecule is COc1ccc2nc(OC)n(CCCNC(C)=O)c2c1. The van der Waals surface area contributed by atoms with Crippen LogP contribution in [0.1, 0.15) is 13.3 Å². The average molecular weight is 277 g/mol. The Balaban J connectivity index is 2.22. The van der Waals surface area contributed by atoms with E-state index in [4.69, 9.17) is 9.47 Å². The summed E-state index contributed by atoms with van der Waals surface area (Å²) in [6.07, 6.45) is 0.804. The Hall–Kier alpha value is -2.24. The zero-order chi connectivity index (χ0) is 14.5. The zero-order valence-corrected chi connectivity index (χ0v) is 12.0. The number of amides is 1. The fourth-order valence-electron chi connectivity index (χ4n) is 2.08. The largest absolute Gasteiger partial charge is 0.497 e. The molecule has 2 rings (SSSR count). The highest BCUT2D eigenvalue weighted by atomic mass is 16.5. The molecule has 0 fully saturated rings. The molecule has 1 aromatic carbocycles. The lowest BCUT2D eigenvalue weighted by Crippen LogP contribution is -2.22. The van der Waals surface area contributed by atoms with E-state index < -0.39 is 0 Å². The zero-order valence-electron chi connectivity index (χ0n) is 12.0. The minimum absolute atomic E-state index is 0.0193. The maximum atomic E-state index is 10.9. The molecule has 0 aliphatic carbocycles. The summed E-state index contributed by atoms with van der Waals surface area (Å²) in [4.78, 5) is 15.3. The molecule has 0 atom stereocenters. The van der Waals surface area contributed by atoms with Crippen molar-refractivity contribution in [2.24, 2.45) is 0 Å². The molecule has 2 aromatic rings. The molecule has 1 N–H and O–H groups in total. The summed E-state index contributed by atoms with van der Waals surface area (Å²) in [6, 6.07) is 6.27. The van der Waals surface area contributed by atoms with Crippen LogP contribution in [0.3, 0.4) is 0 Å². The number of hydrogen-bond donors (Lipinski definition) is 1. The van der Waals surface area contributed by atoms with E-state index in [0.29, 0.717) is 19.1 Å². The van der Waals surface area contributed by atoms with E-state index >= 15 is 0 Å². The number of aryl methyl sites for hydroxylation is 1. The Morgan fingerprint density at radius 2 is 2.15 bits per heavy atom. The number of nitrogens with one attached hydrogen (secondary N) is 1. The summed E-state index contributed by atoms with van der Waals surface area (Å²) < 4.78 is 12.5.